The summed E-state index contributed by atoms with van der Waals surface area (Å²) >= 11 is 0. The molecule has 0 fully saturated rings. The SMILES string of the molecule is CC(C(=O)N(C)C)S(=O)(=O)Cc1ccn(-c2cccc(F)c2)n1. The molecule has 0 N–H and O–H groups in total. The van der Waals surface area contributed by atoms with Gasteiger partial charge in [0, 0.05) is 20.3 Å². The number of hydrogen-bond acceptors (Lipinski definition) is 4. The molecule has 1 heterocycles. The van der Waals surface area contributed by atoms with E-state index < -0.39 is 26.8 Å². The van der Waals surface area contributed by atoms with Gasteiger partial charge in [-0.3, -0.25) is 4.79 Å². The third-order valence-corrected chi connectivity index (χ3v) is 5.37. The molecular weight excluding hydrogens is 321 g/mol. The van der Waals surface area contributed by atoms with E-state index in [2.05, 4.69) is 5.10 Å². The summed E-state index contributed by atoms with van der Waals surface area (Å²) in [6.07, 6.45) is 1.55. The summed E-state index contributed by atoms with van der Waals surface area (Å²) in [6.45, 7) is 1.36. The van der Waals surface area contributed by atoms with E-state index in [1.54, 1.807) is 18.3 Å². The molecule has 2 rings (SSSR count). The topological polar surface area (TPSA) is 72.3 Å². The zero-order valence-electron chi connectivity index (χ0n) is 13.1. The first-order valence-corrected chi connectivity index (χ1v) is 8.65. The van der Waals surface area contributed by atoms with Crippen LogP contribution in [0.25, 0.3) is 5.69 Å². The van der Waals surface area contributed by atoms with Gasteiger partial charge in [0.2, 0.25) is 5.91 Å². The van der Waals surface area contributed by atoms with E-state index in [1.165, 1.54) is 48.8 Å². The van der Waals surface area contributed by atoms with Gasteiger partial charge in [0.05, 0.1) is 17.1 Å². The van der Waals surface area contributed by atoms with E-state index in [-0.39, 0.29) is 5.75 Å². The summed E-state index contributed by atoms with van der Waals surface area (Å²) in [6, 6.07) is 7.35. The Morgan fingerprint density at radius 3 is 2.65 bits per heavy atom. The van der Waals surface area contributed by atoms with Crippen molar-refractivity contribution in [3.05, 3.63) is 48.0 Å². The Balaban J connectivity index is 2.20. The van der Waals surface area contributed by atoms with E-state index in [1.807, 2.05) is 0 Å². The molecule has 6 nitrogen and oxygen atoms in total. The fourth-order valence-corrected chi connectivity index (χ4v) is 3.38. The van der Waals surface area contributed by atoms with E-state index in [0.717, 1.165) is 0 Å². The van der Waals surface area contributed by atoms with Crippen LogP contribution in [0.4, 0.5) is 4.39 Å². The minimum absolute atomic E-state index is 0.299. The fourth-order valence-electron chi connectivity index (χ4n) is 2.05. The van der Waals surface area contributed by atoms with Crippen LogP contribution in [0.2, 0.25) is 0 Å². The molecule has 2 aromatic rings. The monoisotopic (exact) mass is 339 g/mol. The smallest absolute Gasteiger partial charge is 0.240 e. The molecule has 8 heteroatoms. The lowest BCUT2D eigenvalue weighted by Gasteiger charge is -2.16. The van der Waals surface area contributed by atoms with Crippen molar-refractivity contribution in [2.45, 2.75) is 17.9 Å². The van der Waals surface area contributed by atoms with Gasteiger partial charge in [-0.15, -0.1) is 0 Å². The van der Waals surface area contributed by atoms with Crippen LogP contribution in [-0.2, 0) is 20.4 Å². The summed E-state index contributed by atoms with van der Waals surface area (Å²) in [4.78, 5) is 13.1. The lowest BCUT2D eigenvalue weighted by atomic mass is 10.3. The Morgan fingerprint density at radius 2 is 2.04 bits per heavy atom. The van der Waals surface area contributed by atoms with Crippen molar-refractivity contribution in [1.82, 2.24) is 14.7 Å². The molecule has 1 unspecified atom stereocenters. The lowest BCUT2D eigenvalue weighted by molar-refractivity contribution is -0.127. The van der Waals surface area contributed by atoms with Crippen molar-refractivity contribution >= 4 is 15.7 Å². The van der Waals surface area contributed by atoms with Gasteiger partial charge in [0.1, 0.15) is 11.1 Å². The highest BCUT2D eigenvalue weighted by Crippen LogP contribution is 2.14. The van der Waals surface area contributed by atoms with Crippen LogP contribution in [0, 0.1) is 5.82 Å². The number of aromatic nitrogens is 2. The van der Waals surface area contributed by atoms with Gasteiger partial charge >= 0.3 is 0 Å². The highest BCUT2D eigenvalue weighted by atomic mass is 32.2. The second-order valence-electron chi connectivity index (χ2n) is 5.41. The Hall–Kier alpha value is -2.22. The quantitative estimate of drug-likeness (QED) is 0.825. The molecule has 0 aliphatic rings. The van der Waals surface area contributed by atoms with Gasteiger partial charge in [0.15, 0.2) is 9.84 Å². The maximum absolute atomic E-state index is 13.2. The van der Waals surface area contributed by atoms with Gasteiger partial charge < -0.3 is 4.90 Å². The van der Waals surface area contributed by atoms with Crippen molar-refractivity contribution in [2.75, 3.05) is 14.1 Å². The minimum atomic E-state index is -3.68. The van der Waals surface area contributed by atoms with Crippen LogP contribution in [0.3, 0.4) is 0 Å². The summed E-state index contributed by atoms with van der Waals surface area (Å²) in [5.74, 6) is -1.23. The van der Waals surface area contributed by atoms with Gasteiger partial charge in [-0.25, -0.2) is 17.5 Å². The van der Waals surface area contributed by atoms with Gasteiger partial charge in [-0.05, 0) is 31.2 Å². The molecule has 0 aliphatic heterocycles. The van der Waals surface area contributed by atoms with Crippen LogP contribution in [0.15, 0.2) is 36.5 Å². The standard InChI is InChI=1S/C15H18FN3O3S/c1-11(15(20)18(2)3)23(21,22)10-13-7-8-19(17-13)14-6-4-5-12(16)9-14/h4-9,11H,10H2,1-3H3. The van der Waals surface area contributed by atoms with Crippen molar-refractivity contribution in [1.29, 1.82) is 0 Å². The van der Waals surface area contributed by atoms with Crippen molar-refractivity contribution in [3.8, 4) is 5.69 Å². The summed E-state index contributed by atoms with van der Waals surface area (Å²) < 4.78 is 39.2. The zero-order valence-corrected chi connectivity index (χ0v) is 13.9. The third-order valence-electron chi connectivity index (χ3n) is 3.39. The number of benzene rings is 1. The third kappa shape index (κ3) is 3.95. The predicted octanol–water partition coefficient (Wildman–Crippen LogP) is 1.40. The van der Waals surface area contributed by atoms with E-state index in [9.17, 15) is 17.6 Å². The molecule has 124 valence electrons. The molecule has 1 aromatic heterocycles. The van der Waals surface area contributed by atoms with Crippen LogP contribution in [0.5, 0.6) is 0 Å². The largest absolute Gasteiger partial charge is 0.348 e. The molecule has 0 radical (unpaired) electrons. The molecule has 1 atom stereocenters. The predicted molar refractivity (Wildman–Crippen MR) is 84.3 cm³/mol. The number of carbonyl (C=O) groups excluding carboxylic acids is 1. The first-order valence-electron chi connectivity index (χ1n) is 6.94. The van der Waals surface area contributed by atoms with E-state index in [4.69, 9.17) is 0 Å². The molecule has 0 aliphatic carbocycles. The minimum Gasteiger partial charge on any atom is -0.348 e. The maximum Gasteiger partial charge on any atom is 0.240 e. The maximum atomic E-state index is 13.2. The normalized spacial score (nSPS) is 12.9. The van der Waals surface area contributed by atoms with Gasteiger partial charge in [-0.1, -0.05) is 6.07 Å². The Morgan fingerprint density at radius 1 is 1.35 bits per heavy atom. The summed E-state index contributed by atoms with van der Waals surface area (Å²) in [5.41, 5.74) is 0.790. The van der Waals surface area contributed by atoms with E-state index in [0.29, 0.717) is 11.4 Å². The van der Waals surface area contributed by atoms with Crippen molar-refractivity contribution in [3.63, 3.8) is 0 Å². The first-order chi connectivity index (χ1) is 10.7. The second kappa shape index (κ2) is 6.49. The zero-order chi connectivity index (χ0) is 17.2. The first kappa shape index (κ1) is 17.1. The van der Waals surface area contributed by atoms with Crippen molar-refractivity contribution in [2.24, 2.45) is 0 Å². The molecule has 0 saturated heterocycles. The number of sulfone groups is 1. The Labute approximate surface area is 134 Å². The van der Waals surface area contributed by atoms with Crippen LogP contribution >= 0.6 is 0 Å². The molecule has 1 aromatic carbocycles. The average Bonchev–Trinajstić information content (AvgIpc) is 2.93. The lowest BCUT2D eigenvalue weighted by Crippen LogP contribution is -2.37. The Bertz CT molecular complexity index is 815. The van der Waals surface area contributed by atoms with E-state index >= 15 is 0 Å². The molecule has 0 spiro atoms. The molecule has 1 amide bonds. The van der Waals surface area contributed by atoms with Gasteiger partial charge in [-0.2, -0.15) is 5.10 Å². The molecular formula is C15H18FN3O3S. The summed E-state index contributed by atoms with van der Waals surface area (Å²) in [7, 11) is -0.662. The van der Waals surface area contributed by atoms with Crippen LogP contribution < -0.4 is 0 Å². The van der Waals surface area contributed by atoms with Crippen LogP contribution in [-0.4, -0.2) is 48.4 Å². The summed E-state index contributed by atoms with van der Waals surface area (Å²) in [5, 5.41) is 3.00. The second-order valence-corrected chi connectivity index (χ2v) is 7.74. The highest BCUT2D eigenvalue weighted by molar-refractivity contribution is 7.92. The number of halogens is 1. The Kier molecular flexibility index (Phi) is 4.84. The molecule has 23 heavy (non-hydrogen) atoms. The highest BCUT2D eigenvalue weighted by Gasteiger charge is 2.30. The number of hydrogen-bond donors (Lipinski definition) is 0. The van der Waals surface area contributed by atoms with Crippen molar-refractivity contribution < 1.29 is 17.6 Å². The molecule has 0 saturated carbocycles. The average molecular weight is 339 g/mol. The van der Waals surface area contributed by atoms with Gasteiger partial charge in [0.25, 0.3) is 0 Å². The number of rotatable bonds is 5. The number of amides is 1. The molecule has 0 bridgehead atoms. The number of carbonyl (C=O) groups is 1. The fraction of sp³-hybridized carbons (Fsp3) is 0.333. The van der Waals surface area contributed by atoms with Crippen LogP contribution in [0.1, 0.15) is 12.6 Å². The number of nitrogens with zero attached hydrogens (tertiary/aromatic N) is 3.